The molecule has 112 valence electrons. The van der Waals surface area contributed by atoms with Gasteiger partial charge in [0.15, 0.2) is 0 Å². The van der Waals surface area contributed by atoms with Gasteiger partial charge in [-0.3, -0.25) is 0 Å². The Morgan fingerprint density at radius 2 is 2.10 bits per heavy atom. The second-order valence-electron chi connectivity index (χ2n) is 5.20. The van der Waals surface area contributed by atoms with Crippen molar-refractivity contribution < 1.29 is 13.5 Å². The molecule has 5 nitrogen and oxygen atoms in total. The van der Waals surface area contributed by atoms with Gasteiger partial charge in [-0.25, -0.2) is 13.1 Å². The molecule has 1 aliphatic carbocycles. The van der Waals surface area contributed by atoms with Crippen molar-refractivity contribution in [3.05, 3.63) is 35.4 Å². The predicted octanol–water partition coefficient (Wildman–Crippen LogP) is 0.349. The van der Waals surface area contributed by atoms with Crippen molar-refractivity contribution in [1.82, 2.24) is 10.0 Å². The fraction of sp³-hybridized carbons (Fsp3) is 0.571. The molecule has 0 radical (unpaired) electrons. The Morgan fingerprint density at radius 1 is 1.35 bits per heavy atom. The molecular weight excluding hydrogens is 276 g/mol. The molecular formula is C14H22N2O3S. The predicted molar refractivity (Wildman–Crippen MR) is 79.0 cm³/mol. The van der Waals surface area contributed by atoms with Crippen LogP contribution in [0.5, 0.6) is 0 Å². The van der Waals surface area contributed by atoms with Crippen LogP contribution in [0.2, 0.25) is 0 Å². The lowest BCUT2D eigenvalue weighted by Crippen LogP contribution is -2.44. The van der Waals surface area contributed by atoms with Gasteiger partial charge in [0.25, 0.3) is 0 Å². The summed E-state index contributed by atoms with van der Waals surface area (Å²) in [6, 6.07) is 8.10. The van der Waals surface area contributed by atoms with Crippen LogP contribution in [0.1, 0.15) is 24.0 Å². The highest BCUT2D eigenvalue weighted by Gasteiger charge is 2.37. The SMILES string of the molecule is CNS(=O)(=O)CCCNC1(CO)CCc2ccccc21. The van der Waals surface area contributed by atoms with Crippen LogP contribution in [0.25, 0.3) is 0 Å². The quantitative estimate of drug-likeness (QED) is 0.635. The average molecular weight is 298 g/mol. The van der Waals surface area contributed by atoms with Crippen molar-refractivity contribution in [2.75, 3.05) is 26.0 Å². The van der Waals surface area contributed by atoms with Crippen molar-refractivity contribution in [3.8, 4) is 0 Å². The maximum Gasteiger partial charge on any atom is 0.211 e. The molecule has 0 bridgehead atoms. The Bertz CT molecular complexity index is 559. The van der Waals surface area contributed by atoms with Gasteiger partial charge in [-0.2, -0.15) is 0 Å². The maximum atomic E-state index is 11.4. The number of hydrogen-bond acceptors (Lipinski definition) is 4. The third-order valence-corrected chi connectivity index (χ3v) is 5.44. The van der Waals surface area contributed by atoms with Crippen LogP contribution in [0.15, 0.2) is 24.3 Å². The molecule has 0 aromatic heterocycles. The van der Waals surface area contributed by atoms with Crippen LogP contribution in [-0.2, 0) is 22.0 Å². The van der Waals surface area contributed by atoms with Gasteiger partial charge in [-0.1, -0.05) is 24.3 Å². The summed E-state index contributed by atoms with van der Waals surface area (Å²) in [5.74, 6) is 0.0969. The van der Waals surface area contributed by atoms with E-state index in [0.29, 0.717) is 13.0 Å². The van der Waals surface area contributed by atoms with Crippen LogP contribution in [-0.4, -0.2) is 39.5 Å². The van der Waals surface area contributed by atoms with Crippen LogP contribution in [0, 0.1) is 0 Å². The smallest absolute Gasteiger partial charge is 0.211 e. The Morgan fingerprint density at radius 3 is 2.80 bits per heavy atom. The van der Waals surface area contributed by atoms with Gasteiger partial charge in [0.05, 0.1) is 17.9 Å². The molecule has 1 aromatic carbocycles. The summed E-state index contributed by atoms with van der Waals surface area (Å²) in [5.41, 5.74) is 1.98. The largest absolute Gasteiger partial charge is 0.394 e. The summed E-state index contributed by atoms with van der Waals surface area (Å²) in [5, 5.41) is 13.1. The third-order valence-electron chi connectivity index (χ3n) is 3.99. The molecule has 0 fully saturated rings. The number of benzene rings is 1. The van der Waals surface area contributed by atoms with E-state index >= 15 is 0 Å². The summed E-state index contributed by atoms with van der Waals surface area (Å²) in [6.45, 7) is 0.596. The van der Waals surface area contributed by atoms with Gasteiger partial charge in [0.1, 0.15) is 0 Å². The van der Waals surface area contributed by atoms with Gasteiger partial charge < -0.3 is 10.4 Å². The first-order valence-electron chi connectivity index (χ1n) is 6.88. The number of aryl methyl sites for hydroxylation is 1. The van der Waals surface area contributed by atoms with E-state index in [4.69, 9.17) is 0 Å². The Labute approximate surface area is 120 Å². The zero-order chi connectivity index (χ0) is 14.6. The van der Waals surface area contributed by atoms with E-state index in [1.165, 1.54) is 12.6 Å². The van der Waals surface area contributed by atoms with E-state index in [2.05, 4.69) is 16.1 Å². The fourth-order valence-corrected chi connectivity index (χ4v) is 3.51. The highest BCUT2D eigenvalue weighted by atomic mass is 32.2. The van der Waals surface area contributed by atoms with Gasteiger partial charge >= 0.3 is 0 Å². The average Bonchev–Trinajstić information content (AvgIpc) is 2.84. The molecule has 1 aliphatic rings. The second kappa shape index (κ2) is 6.22. The Hall–Kier alpha value is -0.950. The summed E-state index contributed by atoms with van der Waals surface area (Å²) < 4.78 is 25.0. The van der Waals surface area contributed by atoms with Gasteiger partial charge in [0, 0.05) is 0 Å². The summed E-state index contributed by atoms with van der Waals surface area (Å²) >= 11 is 0. The molecule has 0 saturated carbocycles. The van der Waals surface area contributed by atoms with Crippen LogP contribution in [0.4, 0.5) is 0 Å². The Kier molecular flexibility index (Phi) is 4.80. The zero-order valence-corrected chi connectivity index (χ0v) is 12.5. The van der Waals surface area contributed by atoms with E-state index in [-0.39, 0.29) is 12.4 Å². The van der Waals surface area contributed by atoms with Crippen molar-refractivity contribution >= 4 is 10.0 Å². The number of sulfonamides is 1. The van der Waals surface area contributed by atoms with E-state index in [0.717, 1.165) is 18.4 Å². The standard InChI is InChI=1S/C14H22N2O3S/c1-15-20(18,19)10-4-9-16-14(11-17)8-7-12-5-2-3-6-13(12)14/h2-3,5-6,15-17H,4,7-11H2,1H3. The molecule has 6 heteroatoms. The first-order valence-corrected chi connectivity index (χ1v) is 8.54. The minimum Gasteiger partial charge on any atom is -0.394 e. The second-order valence-corrected chi connectivity index (χ2v) is 7.25. The molecule has 0 heterocycles. The molecule has 3 N–H and O–H groups in total. The van der Waals surface area contributed by atoms with Crippen LogP contribution >= 0.6 is 0 Å². The molecule has 1 aromatic rings. The molecule has 0 spiro atoms. The lowest BCUT2D eigenvalue weighted by molar-refractivity contribution is 0.161. The molecule has 0 saturated heterocycles. The fourth-order valence-electron chi connectivity index (χ4n) is 2.78. The lowest BCUT2D eigenvalue weighted by Gasteiger charge is -2.30. The molecule has 1 atom stereocenters. The highest BCUT2D eigenvalue weighted by molar-refractivity contribution is 7.89. The third kappa shape index (κ3) is 3.20. The van der Waals surface area contributed by atoms with Gasteiger partial charge in [0.2, 0.25) is 10.0 Å². The van der Waals surface area contributed by atoms with Crippen molar-refractivity contribution in [3.63, 3.8) is 0 Å². The van der Waals surface area contributed by atoms with E-state index in [9.17, 15) is 13.5 Å². The molecule has 1 unspecified atom stereocenters. The number of hydrogen-bond donors (Lipinski definition) is 3. The molecule has 0 amide bonds. The monoisotopic (exact) mass is 298 g/mol. The Balaban J connectivity index is 1.97. The van der Waals surface area contributed by atoms with Crippen molar-refractivity contribution in [2.24, 2.45) is 0 Å². The highest BCUT2D eigenvalue weighted by Crippen LogP contribution is 2.36. The van der Waals surface area contributed by atoms with Crippen molar-refractivity contribution in [1.29, 1.82) is 0 Å². The van der Waals surface area contributed by atoms with Gasteiger partial charge in [-0.05, 0) is 44.0 Å². The number of nitrogens with one attached hydrogen (secondary N) is 2. The zero-order valence-electron chi connectivity index (χ0n) is 11.7. The van der Waals surface area contributed by atoms with E-state index in [1.807, 2.05) is 18.2 Å². The van der Waals surface area contributed by atoms with Crippen LogP contribution < -0.4 is 10.0 Å². The van der Waals surface area contributed by atoms with E-state index < -0.39 is 15.6 Å². The normalized spacial score (nSPS) is 21.9. The van der Waals surface area contributed by atoms with Crippen LogP contribution in [0.3, 0.4) is 0 Å². The lowest BCUT2D eigenvalue weighted by atomic mass is 9.92. The first kappa shape index (κ1) is 15.4. The molecule has 0 aliphatic heterocycles. The minimum absolute atomic E-state index is 0.0305. The van der Waals surface area contributed by atoms with Crippen molar-refractivity contribution in [2.45, 2.75) is 24.8 Å². The molecule has 2 rings (SSSR count). The van der Waals surface area contributed by atoms with E-state index in [1.54, 1.807) is 0 Å². The summed E-state index contributed by atoms with van der Waals surface area (Å²) in [7, 11) is -1.73. The summed E-state index contributed by atoms with van der Waals surface area (Å²) in [6.07, 6.45) is 2.31. The summed E-state index contributed by atoms with van der Waals surface area (Å²) in [4.78, 5) is 0. The minimum atomic E-state index is -3.15. The van der Waals surface area contributed by atoms with Gasteiger partial charge in [-0.15, -0.1) is 0 Å². The number of fused-ring (bicyclic) bond motifs is 1. The first-order chi connectivity index (χ1) is 9.53. The number of rotatable bonds is 7. The maximum absolute atomic E-state index is 11.4. The molecule has 20 heavy (non-hydrogen) atoms. The number of aliphatic hydroxyl groups excluding tert-OH is 1. The number of aliphatic hydroxyl groups is 1. The topological polar surface area (TPSA) is 78.4 Å².